The van der Waals surface area contributed by atoms with Gasteiger partial charge in [0.05, 0.1) is 21.8 Å². The van der Waals surface area contributed by atoms with E-state index in [1.165, 1.54) is 0 Å². The van der Waals surface area contributed by atoms with Crippen LogP contribution < -0.4 is 0 Å². The van der Waals surface area contributed by atoms with E-state index in [0.29, 0.717) is 29.7 Å². The molecule has 2 aromatic carbocycles. The molecular formula is C21H21NO2S. The molecule has 0 saturated heterocycles. The number of allylic oxidation sites excluding steroid dienone is 1. The molecule has 0 fully saturated rings. The summed E-state index contributed by atoms with van der Waals surface area (Å²) in [6.07, 6.45) is 3.83. The van der Waals surface area contributed by atoms with Gasteiger partial charge >= 0.3 is 0 Å². The van der Waals surface area contributed by atoms with Gasteiger partial charge in [0.2, 0.25) is 0 Å². The van der Waals surface area contributed by atoms with Gasteiger partial charge in [-0.15, -0.1) is 0 Å². The maximum atomic E-state index is 13.0. The second-order valence-electron chi connectivity index (χ2n) is 6.69. The smallest absolute Gasteiger partial charge is 0.181 e. The molecule has 0 aromatic heterocycles. The number of fused-ring (bicyclic) bond motifs is 1. The summed E-state index contributed by atoms with van der Waals surface area (Å²) < 4.78 is 26.0. The zero-order chi connectivity index (χ0) is 18.0. The number of rotatable bonds is 2. The largest absolute Gasteiger partial charge is 0.223 e. The lowest BCUT2D eigenvalue weighted by atomic mass is 9.91. The van der Waals surface area contributed by atoms with E-state index in [9.17, 15) is 13.7 Å². The SMILES string of the molecule is CC1=Cc2cc(C#N)c(C)cc2CCC(S(=O)(=O)c2ccccc2)C1. The van der Waals surface area contributed by atoms with Crippen LogP contribution in [0.15, 0.2) is 52.9 Å². The molecule has 3 rings (SSSR count). The summed E-state index contributed by atoms with van der Waals surface area (Å²) >= 11 is 0. The highest BCUT2D eigenvalue weighted by atomic mass is 32.2. The first-order chi connectivity index (χ1) is 11.9. The quantitative estimate of drug-likeness (QED) is 0.803. The minimum Gasteiger partial charge on any atom is -0.223 e. The molecule has 25 heavy (non-hydrogen) atoms. The zero-order valence-corrected chi connectivity index (χ0v) is 15.3. The molecule has 0 bridgehead atoms. The van der Waals surface area contributed by atoms with Crippen molar-refractivity contribution >= 4 is 15.9 Å². The van der Waals surface area contributed by atoms with Crippen LogP contribution in [0.4, 0.5) is 0 Å². The topological polar surface area (TPSA) is 57.9 Å². The average molecular weight is 351 g/mol. The minimum atomic E-state index is -3.35. The third-order valence-electron chi connectivity index (χ3n) is 4.80. The maximum Gasteiger partial charge on any atom is 0.181 e. The Hall–Kier alpha value is -2.38. The van der Waals surface area contributed by atoms with Crippen LogP contribution >= 0.6 is 0 Å². The summed E-state index contributed by atoms with van der Waals surface area (Å²) in [7, 11) is -3.35. The van der Waals surface area contributed by atoms with Crippen molar-refractivity contribution < 1.29 is 8.42 Å². The van der Waals surface area contributed by atoms with Crippen LogP contribution in [0.3, 0.4) is 0 Å². The standard InChI is InChI=1S/C21H21NO2S/c1-15-10-18-13-19(14-22)16(2)12-17(18)8-9-21(11-15)25(23,24)20-6-4-3-5-7-20/h3-7,10,12-13,21H,8-9,11H2,1-2H3. The summed E-state index contributed by atoms with van der Waals surface area (Å²) in [4.78, 5) is 0.393. The second-order valence-corrected chi connectivity index (χ2v) is 8.92. The summed E-state index contributed by atoms with van der Waals surface area (Å²) in [5.41, 5.74) is 4.80. The van der Waals surface area contributed by atoms with Gasteiger partial charge in [0.15, 0.2) is 9.84 Å². The van der Waals surface area contributed by atoms with Crippen LogP contribution in [0.25, 0.3) is 6.08 Å². The highest BCUT2D eigenvalue weighted by Crippen LogP contribution is 2.30. The minimum absolute atomic E-state index is 0.393. The fraction of sp³-hybridized carbons (Fsp3) is 0.286. The van der Waals surface area contributed by atoms with E-state index in [-0.39, 0.29) is 0 Å². The Bertz CT molecular complexity index is 967. The van der Waals surface area contributed by atoms with Gasteiger partial charge in [-0.1, -0.05) is 35.9 Å². The van der Waals surface area contributed by atoms with Crippen molar-refractivity contribution in [3.8, 4) is 6.07 Å². The number of aryl methyl sites for hydroxylation is 2. The molecule has 1 aliphatic carbocycles. The lowest BCUT2D eigenvalue weighted by molar-refractivity contribution is 0.568. The maximum absolute atomic E-state index is 13.0. The fourth-order valence-electron chi connectivity index (χ4n) is 3.43. The van der Waals surface area contributed by atoms with Crippen molar-refractivity contribution in [2.24, 2.45) is 0 Å². The number of nitrogens with zero attached hydrogens (tertiary/aromatic N) is 1. The molecule has 0 N–H and O–H groups in total. The second kappa shape index (κ2) is 6.85. The third-order valence-corrected chi connectivity index (χ3v) is 7.01. The summed E-state index contributed by atoms with van der Waals surface area (Å²) in [5.74, 6) is 0. The molecule has 4 heteroatoms. The molecule has 0 aliphatic heterocycles. The van der Waals surface area contributed by atoms with E-state index in [1.54, 1.807) is 24.3 Å². The molecule has 1 unspecified atom stereocenters. The van der Waals surface area contributed by atoms with Crippen LogP contribution in [0.1, 0.15) is 42.0 Å². The zero-order valence-electron chi connectivity index (χ0n) is 14.5. The summed E-state index contributed by atoms with van der Waals surface area (Å²) in [6, 6.07) is 14.9. The van der Waals surface area contributed by atoms with Gasteiger partial charge in [0, 0.05) is 0 Å². The van der Waals surface area contributed by atoms with Gasteiger partial charge in [-0.3, -0.25) is 0 Å². The molecule has 0 radical (unpaired) electrons. The van der Waals surface area contributed by atoms with Crippen LogP contribution in [0.5, 0.6) is 0 Å². The van der Waals surface area contributed by atoms with Crippen LogP contribution in [0.2, 0.25) is 0 Å². The van der Waals surface area contributed by atoms with Crippen molar-refractivity contribution in [1.29, 1.82) is 5.26 Å². The first-order valence-corrected chi connectivity index (χ1v) is 9.96. The van der Waals surface area contributed by atoms with E-state index in [1.807, 2.05) is 38.1 Å². The molecule has 3 nitrogen and oxygen atoms in total. The molecule has 0 amide bonds. The molecule has 1 aliphatic rings. The Morgan fingerprint density at radius 1 is 1.12 bits per heavy atom. The van der Waals surface area contributed by atoms with E-state index in [0.717, 1.165) is 22.3 Å². The average Bonchev–Trinajstić information content (AvgIpc) is 2.59. The van der Waals surface area contributed by atoms with E-state index >= 15 is 0 Å². The normalized spacial score (nSPS) is 17.6. The predicted molar refractivity (Wildman–Crippen MR) is 99.9 cm³/mol. The molecule has 0 spiro atoms. The molecule has 0 heterocycles. The Labute approximate surface area is 149 Å². The Balaban J connectivity index is 1.99. The van der Waals surface area contributed by atoms with E-state index < -0.39 is 15.1 Å². The monoisotopic (exact) mass is 351 g/mol. The summed E-state index contributed by atoms with van der Waals surface area (Å²) in [5, 5.41) is 8.82. The number of hydrogen-bond acceptors (Lipinski definition) is 3. The van der Waals surface area contributed by atoms with Crippen molar-refractivity contribution in [3.05, 3.63) is 70.3 Å². The van der Waals surface area contributed by atoms with Gasteiger partial charge in [-0.2, -0.15) is 5.26 Å². The number of nitriles is 1. The van der Waals surface area contributed by atoms with Gasteiger partial charge in [-0.25, -0.2) is 8.42 Å². The van der Waals surface area contributed by atoms with Crippen LogP contribution in [-0.4, -0.2) is 13.7 Å². The Morgan fingerprint density at radius 3 is 2.52 bits per heavy atom. The van der Waals surface area contributed by atoms with E-state index in [2.05, 4.69) is 6.07 Å². The summed E-state index contributed by atoms with van der Waals surface area (Å²) in [6.45, 7) is 3.89. The molecule has 0 saturated carbocycles. The fourth-order valence-corrected chi connectivity index (χ4v) is 5.26. The molecular weight excluding hydrogens is 330 g/mol. The van der Waals surface area contributed by atoms with Crippen LogP contribution in [-0.2, 0) is 16.3 Å². The number of hydrogen-bond donors (Lipinski definition) is 0. The Morgan fingerprint density at radius 2 is 1.84 bits per heavy atom. The van der Waals surface area contributed by atoms with Crippen molar-refractivity contribution in [2.75, 3.05) is 0 Å². The molecule has 128 valence electrons. The number of sulfone groups is 1. The van der Waals surface area contributed by atoms with E-state index in [4.69, 9.17) is 0 Å². The number of benzene rings is 2. The lowest BCUT2D eigenvalue weighted by Crippen LogP contribution is -2.24. The van der Waals surface area contributed by atoms with Crippen molar-refractivity contribution in [3.63, 3.8) is 0 Å². The highest BCUT2D eigenvalue weighted by Gasteiger charge is 2.28. The lowest BCUT2D eigenvalue weighted by Gasteiger charge is -2.22. The van der Waals surface area contributed by atoms with Crippen molar-refractivity contribution in [1.82, 2.24) is 0 Å². The predicted octanol–water partition coefficient (Wildman–Crippen LogP) is 4.45. The van der Waals surface area contributed by atoms with Gasteiger partial charge in [0.25, 0.3) is 0 Å². The first kappa shape index (κ1) is 17.4. The van der Waals surface area contributed by atoms with Gasteiger partial charge in [0.1, 0.15) is 0 Å². The molecule has 2 aromatic rings. The highest BCUT2D eigenvalue weighted by molar-refractivity contribution is 7.92. The molecule has 1 atom stereocenters. The van der Waals surface area contributed by atoms with Gasteiger partial charge < -0.3 is 0 Å². The Kier molecular flexibility index (Phi) is 4.78. The first-order valence-electron chi connectivity index (χ1n) is 8.41. The van der Waals surface area contributed by atoms with Gasteiger partial charge in [-0.05, 0) is 68.0 Å². The van der Waals surface area contributed by atoms with Crippen LogP contribution in [0, 0.1) is 18.3 Å². The van der Waals surface area contributed by atoms with Crippen molar-refractivity contribution in [2.45, 2.75) is 43.3 Å². The third kappa shape index (κ3) is 3.52.